The van der Waals surface area contributed by atoms with Gasteiger partial charge in [0.2, 0.25) is 11.8 Å². The van der Waals surface area contributed by atoms with E-state index >= 15 is 0 Å². The van der Waals surface area contributed by atoms with Crippen molar-refractivity contribution >= 4 is 6.09 Å². The predicted octanol–water partition coefficient (Wildman–Crippen LogP) is 1.62. The molecule has 1 aromatic carbocycles. The highest BCUT2D eigenvalue weighted by atomic mass is 16.5. The SMILES string of the molecule is COc1cc(OC)nc(-c2ccccc2OC(N)=O)n1. The van der Waals surface area contributed by atoms with E-state index < -0.39 is 6.09 Å². The van der Waals surface area contributed by atoms with E-state index in [-0.39, 0.29) is 5.75 Å². The Labute approximate surface area is 115 Å². The van der Waals surface area contributed by atoms with Gasteiger partial charge in [0, 0.05) is 0 Å². The number of benzene rings is 1. The Morgan fingerprint density at radius 3 is 2.25 bits per heavy atom. The maximum atomic E-state index is 10.9. The van der Waals surface area contributed by atoms with Crippen LogP contribution in [0.15, 0.2) is 30.3 Å². The number of carbonyl (C=O) groups excluding carboxylic acids is 1. The molecule has 0 saturated carbocycles. The van der Waals surface area contributed by atoms with Gasteiger partial charge in [-0.15, -0.1) is 0 Å². The van der Waals surface area contributed by atoms with Crippen molar-refractivity contribution in [3.05, 3.63) is 30.3 Å². The molecule has 2 N–H and O–H groups in total. The fourth-order valence-electron chi connectivity index (χ4n) is 1.58. The molecule has 0 aliphatic rings. The van der Waals surface area contributed by atoms with E-state index in [0.29, 0.717) is 23.1 Å². The third-order valence-electron chi connectivity index (χ3n) is 2.44. The highest BCUT2D eigenvalue weighted by molar-refractivity contribution is 5.73. The van der Waals surface area contributed by atoms with Crippen LogP contribution in [0.25, 0.3) is 11.4 Å². The summed E-state index contributed by atoms with van der Waals surface area (Å²) in [7, 11) is 2.97. The van der Waals surface area contributed by atoms with Crippen molar-refractivity contribution in [1.29, 1.82) is 0 Å². The van der Waals surface area contributed by atoms with Gasteiger partial charge in [0.05, 0.1) is 25.8 Å². The summed E-state index contributed by atoms with van der Waals surface area (Å²) in [6.07, 6.45) is -0.910. The molecular formula is C13H13N3O4. The minimum absolute atomic E-state index is 0.260. The Bertz CT molecular complexity index is 609. The molecule has 0 atom stereocenters. The zero-order valence-corrected chi connectivity index (χ0v) is 11.0. The Kier molecular flexibility index (Phi) is 3.99. The number of ether oxygens (including phenoxy) is 3. The highest BCUT2D eigenvalue weighted by Gasteiger charge is 2.13. The van der Waals surface area contributed by atoms with Gasteiger partial charge in [0.1, 0.15) is 5.75 Å². The first-order valence-corrected chi connectivity index (χ1v) is 5.67. The van der Waals surface area contributed by atoms with Gasteiger partial charge in [-0.1, -0.05) is 12.1 Å². The number of aromatic nitrogens is 2. The molecule has 0 unspecified atom stereocenters. The van der Waals surface area contributed by atoms with Crippen molar-refractivity contribution in [2.45, 2.75) is 0 Å². The molecule has 1 aromatic heterocycles. The summed E-state index contributed by atoms with van der Waals surface area (Å²) >= 11 is 0. The summed E-state index contributed by atoms with van der Waals surface area (Å²) in [5.74, 6) is 1.23. The van der Waals surface area contributed by atoms with E-state index in [2.05, 4.69) is 9.97 Å². The molecule has 7 nitrogen and oxygen atoms in total. The second-order valence-electron chi connectivity index (χ2n) is 3.69. The number of nitrogens with zero attached hydrogens (tertiary/aromatic N) is 2. The zero-order valence-electron chi connectivity index (χ0n) is 11.0. The van der Waals surface area contributed by atoms with Crippen LogP contribution in [-0.4, -0.2) is 30.3 Å². The van der Waals surface area contributed by atoms with Crippen LogP contribution in [0.5, 0.6) is 17.5 Å². The standard InChI is InChI=1S/C13H13N3O4/c1-18-10-7-11(19-2)16-12(15-10)8-5-3-4-6-9(8)20-13(14)17/h3-7H,1-2H3,(H2,14,17). The monoisotopic (exact) mass is 275 g/mol. The molecule has 1 amide bonds. The summed E-state index contributed by atoms with van der Waals surface area (Å²) in [6.45, 7) is 0. The summed E-state index contributed by atoms with van der Waals surface area (Å²) in [5.41, 5.74) is 5.54. The Balaban J connectivity index is 2.53. The van der Waals surface area contributed by atoms with Crippen molar-refractivity contribution in [3.63, 3.8) is 0 Å². The minimum atomic E-state index is -0.910. The van der Waals surface area contributed by atoms with Gasteiger partial charge in [-0.25, -0.2) is 4.79 Å². The molecule has 1 heterocycles. The van der Waals surface area contributed by atoms with Crippen molar-refractivity contribution in [2.24, 2.45) is 5.73 Å². The van der Waals surface area contributed by atoms with Gasteiger partial charge in [-0.3, -0.25) is 0 Å². The first-order valence-electron chi connectivity index (χ1n) is 5.67. The summed E-state index contributed by atoms with van der Waals surface area (Å²) < 4.78 is 15.1. The summed E-state index contributed by atoms with van der Waals surface area (Å²) in [6, 6.07) is 8.31. The molecule has 0 spiro atoms. The molecule has 0 aliphatic carbocycles. The second kappa shape index (κ2) is 5.87. The highest BCUT2D eigenvalue weighted by Crippen LogP contribution is 2.30. The number of primary amides is 1. The van der Waals surface area contributed by atoms with Gasteiger partial charge in [0.25, 0.3) is 0 Å². The molecule has 2 rings (SSSR count). The van der Waals surface area contributed by atoms with Gasteiger partial charge in [-0.05, 0) is 12.1 Å². The predicted molar refractivity (Wildman–Crippen MR) is 70.8 cm³/mol. The van der Waals surface area contributed by atoms with Gasteiger partial charge in [0.15, 0.2) is 5.82 Å². The molecule has 0 aliphatic heterocycles. The molecule has 0 saturated heterocycles. The van der Waals surface area contributed by atoms with E-state index in [9.17, 15) is 4.79 Å². The lowest BCUT2D eigenvalue weighted by Crippen LogP contribution is -2.16. The van der Waals surface area contributed by atoms with Crippen LogP contribution >= 0.6 is 0 Å². The van der Waals surface area contributed by atoms with Crippen LogP contribution in [0.3, 0.4) is 0 Å². The number of hydrogen-bond donors (Lipinski definition) is 1. The largest absolute Gasteiger partial charge is 0.481 e. The molecule has 2 aromatic rings. The average Bonchev–Trinajstić information content (AvgIpc) is 2.46. The van der Waals surface area contributed by atoms with E-state index in [1.54, 1.807) is 30.3 Å². The lowest BCUT2D eigenvalue weighted by Gasteiger charge is -2.09. The van der Waals surface area contributed by atoms with Crippen LogP contribution in [0, 0.1) is 0 Å². The van der Waals surface area contributed by atoms with E-state index in [4.69, 9.17) is 19.9 Å². The van der Waals surface area contributed by atoms with Crippen molar-refractivity contribution in [3.8, 4) is 28.9 Å². The van der Waals surface area contributed by atoms with Crippen molar-refractivity contribution in [2.75, 3.05) is 14.2 Å². The third kappa shape index (κ3) is 2.94. The Morgan fingerprint density at radius 1 is 1.10 bits per heavy atom. The summed E-state index contributed by atoms with van der Waals surface area (Å²) in [5, 5.41) is 0. The van der Waals surface area contributed by atoms with Gasteiger partial charge < -0.3 is 19.9 Å². The lowest BCUT2D eigenvalue weighted by molar-refractivity contribution is 0.211. The molecule has 7 heteroatoms. The molecular weight excluding hydrogens is 262 g/mol. The summed E-state index contributed by atoms with van der Waals surface area (Å²) in [4.78, 5) is 19.3. The number of methoxy groups -OCH3 is 2. The average molecular weight is 275 g/mol. The molecule has 0 fully saturated rings. The van der Waals surface area contributed by atoms with Crippen LogP contribution < -0.4 is 19.9 Å². The quantitative estimate of drug-likeness (QED) is 0.910. The number of nitrogens with two attached hydrogens (primary N) is 1. The van der Waals surface area contributed by atoms with Crippen LogP contribution in [0.2, 0.25) is 0 Å². The van der Waals surface area contributed by atoms with Crippen LogP contribution in [0.1, 0.15) is 0 Å². The van der Waals surface area contributed by atoms with Crippen molar-refractivity contribution in [1.82, 2.24) is 9.97 Å². The molecule has 0 bridgehead atoms. The minimum Gasteiger partial charge on any atom is -0.481 e. The first-order chi connectivity index (χ1) is 9.63. The number of rotatable bonds is 4. The smallest absolute Gasteiger partial charge is 0.409 e. The number of carbonyl (C=O) groups is 1. The Morgan fingerprint density at radius 2 is 1.70 bits per heavy atom. The van der Waals surface area contributed by atoms with E-state index in [1.165, 1.54) is 14.2 Å². The molecule has 20 heavy (non-hydrogen) atoms. The zero-order chi connectivity index (χ0) is 14.5. The maximum absolute atomic E-state index is 10.9. The Hall–Kier alpha value is -2.83. The second-order valence-corrected chi connectivity index (χ2v) is 3.69. The maximum Gasteiger partial charge on any atom is 0.409 e. The van der Waals surface area contributed by atoms with Crippen molar-refractivity contribution < 1.29 is 19.0 Å². The van der Waals surface area contributed by atoms with Gasteiger partial charge >= 0.3 is 6.09 Å². The van der Waals surface area contributed by atoms with E-state index in [0.717, 1.165) is 0 Å². The fraction of sp³-hybridized carbons (Fsp3) is 0.154. The fourth-order valence-corrected chi connectivity index (χ4v) is 1.58. The molecule has 104 valence electrons. The lowest BCUT2D eigenvalue weighted by atomic mass is 10.2. The number of amides is 1. The number of para-hydroxylation sites is 1. The van der Waals surface area contributed by atoms with E-state index in [1.807, 2.05) is 0 Å². The van der Waals surface area contributed by atoms with Gasteiger partial charge in [-0.2, -0.15) is 9.97 Å². The third-order valence-corrected chi connectivity index (χ3v) is 2.44. The number of hydrogen-bond acceptors (Lipinski definition) is 6. The normalized spacial score (nSPS) is 9.90. The topological polar surface area (TPSA) is 96.6 Å². The van der Waals surface area contributed by atoms with Crippen LogP contribution in [0.4, 0.5) is 4.79 Å². The molecule has 0 radical (unpaired) electrons. The van der Waals surface area contributed by atoms with Crippen LogP contribution in [-0.2, 0) is 0 Å². The first kappa shape index (κ1) is 13.6.